The number of methoxy groups -OCH3 is 1. The SMILES string of the molecule is COCC(O)CN1CCOC(=O)CC1. The van der Waals surface area contributed by atoms with Gasteiger partial charge in [0.05, 0.1) is 19.1 Å². The highest BCUT2D eigenvalue weighted by molar-refractivity contribution is 5.69. The van der Waals surface area contributed by atoms with Crippen LogP contribution in [0.5, 0.6) is 0 Å². The van der Waals surface area contributed by atoms with E-state index in [1.54, 1.807) is 7.11 Å². The van der Waals surface area contributed by atoms with Gasteiger partial charge in [0.1, 0.15) is 6.61 Å². The molecular formula is C9H17NO4. The molecule has 1 heterocycles. The summed E-state index contributed by atoms with van der Waals surface area (Å²) in [7, 11) is 1.55. The molecule has 0 aromatic heterocycles. The number of esters is 1. The second-order valence-corrected chi connectivity index (χ2v) is 3.38. The normalized spacial score (nSPS) is 21.4. The highest BCUT2D eigenvalue weighted by Gasteiger charge is 2.17. The monoisotopic (exact) mass is 203 g/mol. The number of hydrogen-bond acceptors (Lipinski definition) is 5. The van der Waals surface area contributed by atoms with Gasteiger partial charge >= 0.3 is 5.97 Å². The molecule has 0 radical (unpaired) electrons. The van der Waals surface area contributed by atoms with Crippen molar-refractivity contribution in [2.24, 2.45) is 0 Å². The molecule has 1 fully saturated rings. The number of aliphatic hydroxyl groups is 1. The number of nitrogens with zero attached hydrogens (tertiary/aromatic N) is 1. The third kappa shape index (κ3) is 4.04. The van der Waals surface area contributed by atoms with E-state index in [9.17, 15) is 9.90 Å². The molecule has 0 amide bonds. The standard InChI is InChI=1S/C9H17NO4/c1-13-7-8(11)6-10-3-2-9(12)14-5-4-10/h8,11H,2-7H2,1H3. The van der Waals surface area contributed by atoms with Gasteiger partial charge in [0.2, 0.25) is 0 Å². The maximum atomic E-state index is 10.9. The molecule has 14 heavy (non-hydrogen) atoms. The van der Waals surface area contributed by atoms with Crippen LogP contribution in [0.3, 0.4) is 0 Å². The summed E-state index contributed by atoms with van der Waals surface area (Å²) in [5.41, 5.74) is 0. The number of carbonyl (C=O) groups excluding carboxylic acids is 1. The average Bonchev–Trinajstić information content (AvgIpc) is 2.32. The van der Waals surface area contributed by atoms with Gasteiger partial charge in [0.25, 0.3) is 0 Å². The maximum Gasteiger partial charge on any atom is 0.307 e. The van der Waals surface area contributed by atoms with E-state index in [0.29, 0.717) is 39.3 Å². The number of aliphatic hydroxyl groups excluding tert-OH is 1. The quantitative estimate of drug-likeness (QED) is 0.609. The molecule has 1 N–H and O–H groups in total. The number of hydrogen-bond donors (Lipinski definition) is 1. The van der Waals surface area contributed by atoms with Crippen LogP contribution >= 0.6 is 0 Å². The molecule has 82 valence electrons. The van der Waals surface area contributed by atoms with Crippen LogP contribution in [-0.2, 0) is 14.3 Å². The molecule has 5 nitrogen and oxygen atoms in total. The van der Waals surface area contributed by atoms with Crippen LogP contribution in [0.25, 0.3) is 0 Å². The van der Waals surface area contributed by atoms with Crippen molar-refractivity contribution in [2.45, 2.75) is 12.5 Å². The van der Waals surface area contributed by atoms with Crippen LogP contribution in [0.4, 0.5) is 0 Å². The van der Waals surface area contributed by atoms with Crippen molar-refractivity contribution >= 4 is 5.97 Å². The third-order valence-electron chi connectivity index (χ3n) is 2.13. The Balaban J connectivity index is 2.26. The molecule has 1 aliphatic rings. The Morgan fingerprint density at radius 3 is 3.14 bits per heavy atom. The summed E-state index contributed by atoms with van der Waals surface area (Å²) in [4.78, 5) is 12.9. The molecule has 0 aromatic carbocycles. The Labute approximate surface area is 83.6 Å². The number of cyclic esters (lactones) is 1. The van der Waals surface area contributed by atoms with Crippen molar-refractivity contribution in [1.29, 1.82) is 0 Å². The van der Waals surface area contributed by atoms with Crippen LogP contribution in [0.1, 0.15) is 6.42 Å². The Morgan fingerprint density at radius 1 is 1.64 bits per heavy atom. The second kappa shape index (κ2) is 5.95. The van der Waals surface area contributed by atoms with E-state index in [4.69, 9.17) is 9.47 Å². The molecule has 1 atom stereocenters. The van der Waals surface area contributed by atoms with E-state index in [2.05, 4.69) is 0 Å². The number of carbonyl (C=O) groups is 1. The zero-order valence-corrected chi connectivity index (χ0v) is 8.44. The molecule has 0 aliphatic carbocycles. The third-order valence-corrected chi connectivity index (χ3v) is 2.13. The molecule has 1 aliphatic heterocycles. The van der Waals surface area contributed by atoms with Gasteiger partial charge in [-0.2, -0.15) is 0 Å². The predicted octanol–water partition coefficient (Wildman–Crippen LogP) is -0.757. The molecule has 0 saturated carbocycles. The van der Waals surface area contributed by atoms with E-state index < -0.39 is 6.10 Å². The molecule has 0 bridgehead atoms. The molecule has 1 saturated heterocycles. The van der Waals surface area contributed by atoms with Crippen LogP contribution < -0.4 is 0 Å². The average molecular weight is 203 g/mol. The van der Waals surface area contributed by atoms with Gasteiger partial charge in [0.15, 0.2) is 0 Å². The second-order valence-electron chi connectivity index (χ2n) is 3.38. The summed E-state index contributed by atoms with van der Waals surface area (Å²) in [6.45, 7) is 2.61. The topological polar surface area (TPSA) is 59.0 Å². The predicted molar refractivity (Wildman–Crippen MR) is 49.9 cm³/mol. The molecule has 0 spiro atoms. The van der Waals surface area contributed by atoms with E-state index in [-0.39, 0.29) is 5.97 Å². The highest BCUT2D eigenvalue weighted by Crippen LogP contribution is 2.01. The summed E-state index contributed by atoms with van der Waals surface area (Å²) >= 11 is 0. The summed E-state index contributed by atoms with van der Waals surface area (Å²) in [6.07, 6.45) is -0.0899. The van der Waals surface area contributed by atoms with Crippen LogP contribution in [0.2, 0.25) is 0 Å². The first-order valence-electron chi connectivity index (χ1n) is 4.77. The summed E-state index contributed by atoms with van der Waals surface area (Å²) in [5.74, 6) is -0.159. The largest absolute Gasteiger partial charge is 0.464 e. The summed E-state index contributed by atoms with van der Waals surface area (Å²) in [6, 6.07) is 0. The van der Waals surface area contributed by atoms with Gasteiger partial charge in [-0.05, 0) is 0 Å². The minimum atomic E-state index is -0.492. The lowest BCUT2D eigenvalue weighted by Crippen LogP contribution is -2.36. The Hall–Kier alpha value is -0.650. The number of β-amino-alcohol motifs (C(OH)–C–C–N with tert-alkyl or cyclic N) is 1. The molecule has 5 heteroatoms. The molecule has 1 unspecified atom stereocenters. The summed E-state index contributed by atoms with van der Waals surface area (Å²) < 4.78 is 9.70. The molecule has 1 rings (SSSR count). The molecular weight excluding hydrogens is 186 g/mol. The van der Waals surface area contributed by atoms with Crippen molar-refractivity contribution in [3.63, 3.8) is 0 Å². The lowest BCUT2D eigenvalue weighted by molar-refractivity contribution is -0.142. The Bertz CT molecular complexity index is 186. The van der Waals surface area contributed by atoms with Gasteiger partial charge in [-0.1, -0.05) is 0 Å². The van der Waals surface area contributed by atoms with Gasteiger partial charge in [-0.3, -0.25) is 9.69 Å². The zero-order valence-electron chi connectivity index (χ0n) is 8.44. The van der Waals surface area contributed by atoms with Crippen molar-refractivity contribution < 1.29 is 19.4 Å². The van der Waals surface area contributed by atoms with Crippen LogP contribution in [0.15, 0.2) is 0 Å². The van der Waals surface area contributed by atoms with E-state index >= 15 is 0 Å². The van der Waals surface area contributed by atoms with Crippen molar-refractivity contribution in [3.8, 4) is 0 Å². The fourth-order valence-corrected chi connectivity index (χ4v) is 1.45. The van der Waals surface area contributed by atoms with Crippen LogP contribution in [0, 0.1) is 0 Å². The lowest BCUT2D eigenvalue weighted by atomic mass is 10.3. The van der Waals surface area contributed by atoms with Gasteiger partial charge < -0.3 is 14.6 Å². The van der Waals surface area contributed by atoms with Crippen molar-refractivity contribution in [1.82, 2.24) is 4.90 Å². The first-order valence-corrected chi connectivity index (χ1v) is 4.77. The maximum absolute atomic E-state index is 10.9. The van der Waals surface area contributed by atoms with E-state index in [1.165, 1.54) is 0 Å². The van der Waals surface area contributed by atoms with Crippen LogP contribution in [-0.4, -0.2) is 62.0 Å². The number of ether oxygens (including phenoxy) is 2. The Kier molecular flexibility index (Phi) is 4.86. The van der Waals surface area contributed by atoms with Gasteiger partial charge in [0, 0.05) is 26.7 Å². The zero-order chi connectivity index (χ0) is 10.4. The van der Waals surface area contributed by atoms with Crippen molar-refractivity contribution in [2.75, 3.05) is 40.0 Å². The fraction of sp³-hybridized carbons (Fsp3) is 0.889. The smallest absolute Gasteiger partial charge is 0.307 e. The van der Waals surface area contributed by atoms with E-state index in [0.717, 1.165) is 0 Å². The highest BCUT2D eigenvalue weighted by atomic mass is 16.5. The Morgan fingerprint density at radius 2 is 2.43 bits per heavy atom. The number of rotatable bonds is 4. The minimum Gasteiger partial charge on any atom is -0.464 e. The lowest BCUT2D eigenvalue weighted by Gasteiger charge is -2.21. The minimum absolute atomic E-state index is 0.159. The van der Waals surface area contributed by atoms with Gasteiger partial charge in [-0.15, -0.1) is 0 Å². The molecule has 0 aromatic rings. The summed E-state index contributed by atoms with van der Waals surface area (Å²) in [5, 5.41) is 9.47. The fourth-order valence-electron chi connectivity index (χ4n) is 1.45. The van der Waals surface area contributed by atoms with Crippen molar-refractivity contribution in [3.05, 3.63) is 0 Å². The first-order chi connectivity index (χ1) is 6.72. The van der Waals surface area contributed by atoms with Gasteiger partial charge in [-0.25, -0.2) is 0 Å². The first kappa shape index (κ1) is 11.4. The van der Waals surface area contributed by atoms with E-state index in [1.807, 2.05) is 4.90 Å².